The Morgan fingerprint density at radius 1 is 1.05 bits per heavy atom. The Morgan fingerprint density at radius 3 is 2.28 bits per heavy atom. The van der Waals surface area contributed by atoms with E-state index in [0.717, 1.165) is 16.7 Å². The third kappa shape index (κ3) is 8.64. The van der Waals surface area contributed by atoms with E-state index in [1.807, 2.05) is 31.2 Å². The number of benzene rings is 2. The lowest BCUT2D eigenvalue weighted by Gasteiger charge is -2.31. The van der Waals surface area contributed by atoms with E-state index in [-0.39, 0.29) is 24.3 Å². The summed E-state index contributed by atoms with van der Waals surface area (Å²) >= 11 is 0. The second-order valence-electron chi connectivity index (χ2n) is 10.0. The summed E-state index contributed by atoms with van der Waals surface area (Å²) in [6, 6.07) is 9.48. The van der Waals surface area contributed by atoms with Crippen molar-refractivity contribution >= 4 is 45.3 Å². The summed E-state index contributed by atoms with van der Waals surface area (Å²) in [5.41, 5.74) is 8.66. The van der Waals surface area contributed by atoms with E-state index in [1.165, 1.54) is 33.7 Å². The maximum atomic E-state index is 13.4. The molecule has 1 saturated heterocycles. The molecule has 0 bridgehead atoms. The van der Waals surface area contributed by atoms with Crippen LogP contribution in [0.2, 0.25) is 0 Å². The number of aromatic hydroxyl groups is 1. The first-order chi connectivity index (χ1) is 18.4. The van der Waals surface area contributed by atoms with Gasteiger partial charge in [0, 0.05) is 12.2 Å². The Balaban J connectivity index is 1.82. The highest BCUT2D eigenvalue weighted by molar-refractivity contribution is 8.77. The van der Waals surface area contributed by atoms with E-state index in [2.05, 4.69) is 16.0 Å². The first-order valence-electron chi connectivity index (χ1n) is 12.4. The Bertz CT molecular complexity index is 1190. The fourth-order valence-corrected chi connectivity index (χ4v) is 6.77. The van der Waals surface area contributed by atoms with Crippen LogP contribution in [0.4, 0.5) is 0 Å². The number of carboxylic acid groups (broad SMARTS) is 1. The molecule has 1 heterocycles. The second-order valence-corrected chi connectivity index (χ2v) is 13.0. The average molecular weight is 575 g/mol. The van der Waals surface area contributed by atoms with Gasteiger partial charge >= 0.3 is 5.97 Å². The Kier molecular flexibility index (Phi) is 10.3. The molecule has 0 unspecified atom stereocenters. The molecule has 39 heavy (non-hydrogen) atoms. The van der Waals surface area contributed by atoms with E-state index in [0.29, 0.717) is 0 Å². The number of amides is 3. The molecule has 210 valence electrons. The minimum absolute atomic E-state index is 0.0951. The van der Waals surface area contributed by atoms with Crippen LogP contribution in [-0.2, 0) is 32.0 Å². The minimum Gasteiger partial charge on any atom is -0.508 e. The molecular formula is C27H34N4O6S2. The maximum Gasteiger partial charge on any atom is 0.327 e. The largest absolute Gasteiger partial charge is 0.508 e. The normalized spacial score (nSPS) is 22.5. The molecule has 0 spiro atoms. The number of carbonyl (C=O) groups is 4. The van der Waals surface area contributed by atoms with Gasteiger partial charge in [-0.15, -0.1) is 0 Å². The minimum atomic E-state index is -1.22. The van der Waals surface area contributed by atoms with Gasteiger partial charge in [-0.2, -0.15) is 0 Å². The predicted molar refractivity (Wildman–Crippen MR) is 152 cm³/mol. The predicted octanol–water partition coefficient (Wildman–Crippen LogP) is 1.53. The lowest BCUT2D eigenvalue weighted by atomic mass is 10.00. The Labute approximate surface area is 235 Å². The number of nitrogens with two attached hydrogens (primary N) is 1. The molecule has 2 aromatic rings. The lowest BCUT2D eigenvalue weighted by molar-refractivity contribution is -0.143. The molecule has 0 aromatic heterocycles. The van der Waals surface area contributed by atoms with Gasteiger partial charge in [-0.05, 0) is 50.5 Å². The number of nitrogens with one attached hydrogen (secondary N) is 3. The van der Waals surface area contributed by atoms with E-state index in [9.17, 15) is 29.4 Å². The van der Waals surface area contributed by atoms with E-state index in [4.69, 9.17) is 5.73 Å². The fourth-order valence-electron chi connectivity index (χ4n) is 3.96. The van der Waals surface area contributed by atoms with Gasteiger partial charge in [-0.1, -0.05) is 63.5 Å². The molecule has 0 saturated carbocycles. The van der Waals surface area contributed by atoms with Crippen LogP contribution in [0.5, 0.6) is 5.75 Å². The van der Waals surface area contributed by atoms with Gasteiger partial charge in [0.15, 0.2) is 0 Å². The van der Waals surface area contributed by atoms with Crippen LogP contribution in [-0.4, -0.2) is 68.6 Å². The third-order valence-corrected chi connectivity index (χ3v) is 9.60. The van der Waals surface area contributed by atoms with Crippen molar-refractivity contribution in [3.8, 4) is 5.75 Å². The number of phenolic OH excluding ortho intramolecular Hbond substituents is 1. The third-order valence-electron chi connectivity index (χ3n) is 6.29. The number of carboxylic acids is 1. The molecule has 12 heteroatoms. The van der Waals surface area contributed by atoms with Crippen molar-refractivity contribution in [2.45, 2.75) is 62.5 Å². The van der Waals surface area contributed by atoms with Crippen LogP contribution in [0.1, 0.15) is 30.5 Å². The molecule has 10 nitrogen and oxygen atoms in total. The van der Waals surface area contributed by atoms with E-state index < -0.39 is 52.6 Å². The van der Waals surface area contributed by atoms with Crippen LogP contribution in [0.3, 0.4) is 0 Å². The highest BCUT2D eigenvalue weighted by Gasteiger charge is 2.40. The molecule has 1 aliphatic rings. The first kappa shape index (κ1) is 30.3. The summed E-state index contributed by atoms with van der Waals surface area (Å²) in [6.45, 7) is 5.33. The van der Waals surface area contributed by atoms with Crippen molar-refractivity contribution in [3.05, 3.63) is 65.2 Å². The van der Waals surface area contributed by atoms with Gasteiger partial charge in [-0.25, -0.2) is 4.79 Å². The van der Waals surface area contributed by atoms with Crippen molar-refractivity contribution in [2.24, 2.45) is 5.73 Å². The molecule has 0 radical (unpaired) electrons. The summed E-state index contributed by atoms with van der Waals surface area (Å²) < 4.78 is -0.933. The summed E-state index contributed by atoms with van der Waals surface area (Å²) in [7, 11) is 2.44. The van der Waals surface area contributed by atoms with Crippen LogP contribution >= 0.6 is 21.6 Å². The van der Waals surface area contributed by atoms with Crippen LogP contribution in [0.25, 0.3) is 0 Å². The number of hydrogen-bond donors (Lipinski definition) is 6. The standard InChI is InChI=1S/C27H34N4O6S2/c1-15-4-6-17(7-5-15)13-20-24(34)31-22(26(36)37)27(2,3)39-38-14-21(25(35)29-20)30-23(33)19(28)12-16-8-10-18(32)11-9-16/h4-11,19-22,32H,12-14,28H2,1-3H3,(H,29,35)(H,30,33)(H,31,34)(H,36,37)/t19-,20-,21-,22+/m0/s1. The van der Waals surface area contributed by atoms with Gasteiger partial charge in [0.25, 0.3) is 0 Å². The molecule has 2 aromatic carbocycles. The number of aliphatic carboxylic acids is 1. The lowest BCUT2D eigenvalue weighted by Crippen LogP contribution is -2.59. The zero-order valence-corrected chi connectivity index (χ0v) is 23.6. The van der Waals surface area contributed by atoms with Gasteiger partial charge in [0.05, 0.1) is 10.8 Å². The summed E-state index contributed by atoms with van der Waals surface area (Å²) in [5, 5.41) is 27.3. The van der Waals surface area contributed by atoms with Crippen LogP contribution < -0.4 is 21.7 Å². The molecular weight excluding hydrogens is 540 g/mol. The molecule has 4 atom stereocenters. The smallest absolute Gasteiger partial charge is 0.327 e. The monoisotopic (exact) mass is 574 g/mol. The molecule has 7 N–H and O–H groups in total. The van der Waals surface area contributed by atoms with Crippen molar-refractivity contribution < 1.29 is 29.4 Å². The molecule has 1 aliphatic heterocycles. The highest BCUT2D eigenvalue weighted by Crippen LogP contribution is 2.39. The number of hydrogen-bond acceptors (Lipinski definition) is 8. The zero-order valence-electron chi connectivity index (χ0n) is 22.0. The van der Waals surface area contributed by atoms with Gasteiger partial charge in [0.1, 0.15) is 23.9 Å². The van der Waals surface area contributed by atoms with Crippen LogP contribution in [0.15, 0.2) is 48.5 Å². The summed E-state index contributed by atoms with van der Waals surface area (Å²) in [4.78, 5) is 51.7. The number of rotatable bonds is 7. The molecule has 3 rings (SSSR count). The van der Waals surface area contributed by atoms with Gasteiger partial charge in [0.2, 0.25) is 17.7 Å². The Morgan fingerprint density at radius 2 is 1.67 bits per heavy atom. The van der Waals surface area contributed by atoms with Crippen LogP contribution in [0, 0.1) is 6.92 Å². The zero-order chi connectivity index (χ0) is 28.7. The Hall–Kier alpha value is -3.22. The quantitative estimate of drug-likeness (QED) is 0.268. The number of phenols is 1. The maximum absolute atomic E-state index is 13.4. The SMILES string of the molecule is Cc1ccc(C[C@@H]2NC(=O)[C@@H](NC(=O)[C@@H](N)Cc3ccc(O)cc3)CSSC(C)(C)[C@@H](C(=O)O)NC2=O)cc1. The van der Waals surface area contributed by atoms with Gasteiger partial charge < -0.3 is 31.9 Å². The fraction of sp³-hybridized carbons (Fsp3) is 0.407. The van der Waals surface area contributed by atoms with Crippen molar-refractivity contribution in [1.29, 1.82) is 0 Å². The van der Waals surface area contributed by atoms with E-state index in [1.54, 1.807) is 26.0 Å². The van der Waals surface area contributed by atoms with Crippen molar-refractivity contribution in [1.82, 2.24) is 16.0 Å². The van der Waals surface area contributed by atoms with Crippen molar-refractivity contribution in [3.63, 3.8) is 0 Å². The average Bonchev–Trinajstić information content (AvgIpc) is 2.88. The first-order valence-corrected chi connectivity index (χ1v) is 14.7. The van der Waals surface area contributed by atoms with Gasteiger partial charge in [-0.3, -0.25) is 14.4 Å². The van der Waals surface area contributed by atoms with E-state index >= 15 is 0 Å². The van der Waals surface area contributed by atoms with Crippen molar-refractivity contribution in [2.75, 3.05) is 5.75 Å². The molecule has 1 fully saturated rings. The second kappa shape index (κ2) is 13.2. The molecule has 3 amide bonds. The highest BCUT2D eigenvalue weighted by atomic mass is 33.1. The molecule has 0 aliphatic carbocycles. The topological polar surface area (TPSA) is 171 Å². The number of aryl methyl sites for hydroxylation is 1. The summed E-state index contributed by atoms with van der Waals surface area (Å²) in [6.07, 6.45) is 0.320. The summed E-state index contributed by atoms with van der Waals surface area (Å²) in [5.74, 6) is -2.73. The number of carbonyl (C=O) groups excluding carboxylic acids is 3.